The van der Waals surface area contributed by atoms with Crippen LogP contribution in [0.15, 0.2) is 41.0 Å². The van der Waals surface area contributed by atoms with E-state index in [2.05, 4.69) is 29.3 Å². The number of carbonyl (C=O) groups excluding carboxylic acids is 1. The Morgan fingerprint density at radius 1 is 1.24 bits per heavy atom. The first-order valence-corrected chi connectivity index (χ1v) is 10.2. The molecule has 2 aromatic rings. The van der Waals surface area contributed by atoms with E-state index in [-0.39, 0.29) is 18.5 Å². The van der Waals surface area contributed by atoms with Gasteiger partial charge in [-0.2, -0.15) is 0 Å². The van der Waals surface area contributed by atoms with Crippen LogP contribution in [0.3, 0.4) is 0 Å². The predicted molar refractivity (Wildman–Crippen MR) is 107 cm³/mol. The molecule has 0 saturated carbocycles. The maximum atomic E-state index is 12.8. The lowest BCUT2D eigenvalue weighted by molar-refractivity contribution is 0.0696. The highest BCUT2D eigenvalue weighted by Crippen LogP contribution is 2.33. The van der Waals surface area contributed by atoms with Crippen LogP contribution in [0.4, 0.5) is 14.5 Å². The van der Waals surface area contributed by atoms with Crippen molar-refractivity contribution < 1.29 is 18.0 Å². The molecular weight excluding hydrogens is 376 g/mol. The van der Waals surface area contributed by atoms with Gasteiger partial charge in [0.1, 0.15) is 5.76 Å². The first-order chi connectivity index (χ1) is 14.0. The monoisotopic (exact) mass is 403 g/mol. The Balaban J connectivity index is 1.38. The number of nitrogens with one attached hydrogen (secondary N) is 1. The molecule has 1 N–H and O–H groups in total. The lowest BCUT2D eigenvalue weighted by Gasteiger charge is -2.32. The molecule has 1 amide bonds. The zero-order chi connectivity index (χ0) is 20.4. The molecule has 4 rings (SSSR count). The van der Waals surface area contributed by atoms with Gasteiger partial charge >= 0.3 is 0 Å². The summed E-state index contributed by atoms with van der Waals surface area (Å²) in [6.45, 7) is 3.68. The zero-order valence-corrected chi connectivity index (χ0v) is 16.6. The van der Waals surface area contributed by atoms with Gasteiger partial charge in [-0.3, -0.25) is 9.69 Å². The van der Waals surface area contributed by atoms with Crippen LogP contribution >= 0.6 is 0 Å². The van der Waals surface area contributed by atoms with E-state index in [1.807, 2.05) is 12.1 Å². The Kier molecular flexibility index (Phi) is 5.85. The normalized spacial score (nSPS) is 20.3. The highest BCUT2D eigenvalue weighted by molar-refractivity contribution is 5.95. The first-order valence-electron chi connectivity index (χ1n) is 10.2. The topological polar surface area (TPSA) is 48.7 Å². The number of amides is 1. The summed E-state index contributed by atoms with van der Waals surface area (Å²) in [5, 5.41) is 3.06. The van der Waals surface area contributed by atoms with E-state index < -0.39 is 6.43 Å². The minimum Gasteiger partial charge on any atom is -0.467 e. The second kappa shape index (κ2) is 8.53. The van der Waals surface area contributed by atoms with Crippen molar-refractivity contribution in [3.8, 4) is 0 Å². The fourth-order valence-corrected chi connectivity index (χ4v) is 4.41. The van der Waals surface area contributed by atoms with E-state index >= 15 is 0 Å². The zero-order valence-electron chi connectivity index (χ0n) is 16.6. The lowest BCUT2D eigenvalue weighted by atomic mass is 10.0. The number of piperidine rings is 1. The Morgan fingerprint density at radius 3 is 2.76 bits per heavy atom. The molecule has 2 aliphatic heterocycles. The molecule has 0 radical (unpaired) electrons. The van der Waals surface area contributed by atoms with Crippen molar-refractivity contribution in [2.75, 3.05) is 24.5 Å². The Labute approximate surface area is 169 Å². The number of fused-ring (bicyclic) bond motifs is 1. The Morgan fingerprint density at radius 2 is 2.00 bits per heavy atom. The van der Waals surface area contributed by atoms with Crippen molar-refractivity contribution >= 4 is 11.6 Å². The summed E-state index contributed by atoms with van der Waals surface area (Å²) in [6.07, 6.45) is 1.59. The van der Waals surface area contributed by atoms with E-state index in [1.54, 1.807) is 17.2 Å². The van der Waals surface area contributed by atoms with Gasteiger partial charge in [0.15, 0.2) is 0 Å². The molecule has 0 aliphatic carbocycles. The SMILES string of the molecule is CC1Cc2ccccc2N1Cc1occc1C(=O)NC1CCN(CC(F)F)CC1. The molecule has 1 atom stereocenters. The highest BCUT2D eigenvalue weighted by atomic mass is 19.3. The smallest absolute Gasteiger partial charge is 0.255 e. The fraction of sp³-hybridized carbons (Fsp3) is 0.500. The highest BCUT2D eigenvalue weighted by Gasteiger charge is 2.29. The number of hydrogen-bond donors (Lipinski definition) is 1. The minimum atomic E-state index is -2.31. The molecule has 156 valence electrons. The minimum absolute atomic E-state index is 0.00519. The summed E-state index contributed by atoms with van der Waals surface area (Å²) in [4.78, 5) is 16.9. The fourth-order valence-electron chi connectivity index (χ4n) is 4.41. The number of anilines is 1. The number of nitrogens with zero attached hydrogens (tertiary/aromatic N) is 2. The first kappa shape index (κ1) is 19.9. The number of carbonyl (C=O) groups is 1. The average molecular weight is 403 g/mol. The maximum Gasteiger partial charge on any atom is 0.255 e. The molecule has 1 saturated heterocycles. The van der Waals surface area contributed by atoms with Crippen molar-refractivity contribution in [1.82, 2.24) is 10.2 Å². The number of benzene rings is 1. The number of para-hydroxylation sites is 1. The molecule has 5 nitrogen and oxygen atoms in total. The Hall–Kier alpha value is -2.41. The van der Waals surface area contributed by atoms with Crippen molar-refractivity contribution in [2.45, 2.75) is 51.2 Å². The van der Waals surface area contributed by atoms with Crippen LogP contribution in [0.2, 0.25) is 0 Å². The summed E-state index contributed by atoms with van der Waals surface area (Å²) >= 11 is 0. The summed E-state index contributed by atoms with van der Waals surface area (Å²) in [6, 6.07) is 10.4. The lowest BCUT2D eigenvalue weighted by Crippen LogP contribution is -2.45. The van der Waals surface area contributed by atoms with Crippen LogP contribution in [0.25, 0.3) is 0 Å². The second-order valence-electron chi connectivity index (χ2n) is 8.01. The second-order valence-corrected chi connectivity index (χ2v) is 8.01. The molecule has 2 aliphatic rings. The van der Waals surface area contributed by atoms with Gasteiger partial charge in [0, 0.05) is 30.9 Å². The third-order valence-electron chi connectivity index (χ3n) is 5.97. The van der Waals surface area contributed by atoms with Gasteiger partial charge in [-0.1, -0.05) is 18.2 Å². The van der Waals surface area contributed by atoms with Gasteiger partial charge in [0.25, 0.3) is 12.3 Å². The van der Waals surface area contributed by atoms with Crippen molar-refractivity contribution in [2.24, 2.45) is 0 Å². The van der Waals surface area contributed by atoms with Crippen molar-refractivity contribution in [3.05, 3.63) is 53.5 Å². The number of halogens is 2. The summed E-state index contributed by atoms with van der Waals surface area (Å²) in [5.41, 5.74) is 3.05. The summed E-state index contributed by atoms with van der Waals surface area (Å²) < 4.78 is 30.7. The van der Waals surface area contributed by atoms with Gasteiger partial charge in [-0.15, -0.1) is 0 Å². The molecule has 0 spiro atoms. The van der Waals surface area contributed by atoms with Crippen LogP contribution in [0.1, 0.15) is 41.4 Å². The quantitative estimate of drug-likeness (QED) is 0.799. The van der Waals surface area contributed by atoms with Crippen LogP contribution < -0.4 is 10.2 Å². The number of rotatable bonds is 6. The third-order valence-corrected chi connectivity index (χ3v) is 5.97. The number of furan rings is 1. The van der Waals surface area contributed by atoms with E-state index in [0.29, 0.717) is 49.8 Å². The third kappa shape index (κ3) is 4.45. The summed E-state index contributed by atoms with van der Waals surface area (Å²) in [5.74, 6) is 0.502. The van der Waals surface area contributed by atoms with Gasteiger partial charge in [-0.25, -0.2) is 8.78 Å². The Bertz CT molecular complexity index is 846. The van der Waals surface area contributed by atoms with E-state index in [9.17, 15) is 13.6 Å². The average Bonchev–Trinajstić information content (AvgIpc) is 3.28. The summed E-state index contributed by atoms with van der Waals surface area (Å²) in [7, 11) is 0. The van der Waals surface area contributed by atoms with Gasteiger partial charge in [-0.05, 0) is 43.9 Å². The van der Waals surface area contributed by atoms with Crippen LogP contribution in [-0.2, 0) is 13.0 Å². The molecule has 29 heavy (non-hydrogen) atoms. The number of alkyl halides is 2. The molecule has 0 bridgehead atoms. The van der Waals surface area contributed by atoms with Crippen LogP contribution in [-0.4, -0.2) is 49.0 Å². The van der Waals surface area contributed by atoms with Crippen molar-refractivity contribution in [3.63, 3.8) is 0 Å². The largest absolute Gasteiger partial charge is 0.467 e. The molecule has 1 aromatic carbocycles. The molecule has 7 heteroatoms. The van der Waals surface area contributed by atoms with Gasteiger partial charge < -0.3 is 14.6 Å². The number of hydrogen-bond acceptors (Lipinski definition) is 4. The molecule has 1 aromatic heterocycles. The van der Waals surface area contributed by atoms with Crippen LogP contribution in [0.5, 0.6) is 0 Å². The van der Waals surface area contributed by atoms with Gasteiger partial charge in [0.2, 0.25) is 0 Å². The molecule has 3 heterocycles. The van der Waals surface area contributed by atoms with Crippen LogP contribution in [0, 0.1) is 0 Å². The molecule has 1 unspecified atom stereocenters. The predicted octanol–water partition coefficient (Wildman–Crippen LogP) is 3.69. The number of likely N-dealkylation sites (tertiary alicyclic amines) is 1. The van der Waals surface area contributed by atoms with E-state index in [0.717, 1.165) is 6.42 Å². The maximum absolute atomic E-state index is 12.8. The van der Waals surface area contributed by atoms with E-state index in [4.69, 9.17) is 4.42 Å². The van der Waals surface area contributed by atoms with Crippen molar-refractivity contribution in [1.29, 1.82) is 0 Å². The van der Waals surface area contributed by atoms with Gasteiger partial charge in [0.05, 0.1) is 24.9 Å². The van der Waals surface area contributed by atoms with E-state index in [1.165, 1.54) is 11.3 Å². The molecular formula is C22H27F2N3O2. The standard InChI is InChI=1S/C22H27F2N3O2/c1-15-12-16-4-2-3-5-19(16)27(15)13-20-18(8-11-29-20)22(28)25-17-6-9-26(10-7-17)14-21(23)24/h2-5,8,11,15,17,21H,6-7,9-10,12-14H2,1H3,(H,25,28). The molecule has 1 fully saturated rings.